The molecule has 2 aromatic carbocycles. The standard InChI is InChI=1S/C29H28N4O3S/c1-18-16-24(19(2)32(18)22-9-7-8-20(17-22)28(34)36-4)27-26(25-10-5-6-15-30-25)31-29(37)33(27)21-11-13-23(35-3)14-12-21/h5-17,26-27H,1-4H3,(H,31,37). The van der Waals surface area contributed by atoms with E-state index < -0.39 is 0 Å². The van der Waals surface area contributed by atoms with Crippen LogP contribution in [0.25, 0.3) is 5.69 Å². The van der Waals surface area contributed by atoms with Crippen LogP contribution in [-0.2, 0) is 4.74 Å². The van der Waals surface area contributed by atoms with Crippen LogP contribution in [-0.4, -0.2) is 34.9 Å². The topological polar surface area (TPSA) is 68.6 Å². The third-order valence-corrected chi connectivity index (χ3v) is 7.08. The summed E-state index contributed by atoms with van der Waals surface area (Å²) in [7, 11) is 3.04. The molecule has 0 amide bonds. The molecule has 4 aromatic rings. The number of nitrogens with zero attached hydrogens (tertiary/aromatic N) is 3. The molecule has 2 atom stereocenters. The lowest BCUT2D eigenvalue weighted by Gasteiger charge is -2.28. The van der Waals surface area contributed by atoms with Crippen LogP contribution in [0.2, 0.25) is 0 Å². The molecule has 188 valence electrons. The average molecular weight is 513 g/mol. The number of anilines is 1. The van der Waals surface area contributed by atoms with Gasteiger partial charge in [-0.25, -0.2) is 4.79 Å². The second-order valence-electron chi connectivity index (χ2n) is 8.90. The minimum absolute atomic E-state index is 0.153. The summed E-state index contributed by atoms with van der Waals surface area (Å²) in [5.74, 6) is 0.416. The first-order valence-corrected chi connectivity index (χ1v) is 12.4. The Morgan fingerprint density at radius 3 is 2.43 bits per heavy atom. The van der Waals surface area contributed by atoms with Gasteiger partial charge in [0.2, 0.25) is 0 Å². The lowest BCUT2D eigenvalue weighted by molar-refractivity contribution is 0.0600. The molecule has 1 fully saturated rings. The smallest absolute Gasteiger partial charge is 0.337 e. The molecular formula is C29H28N4O3S. The van der Waals surface area contributed by atoms with Crippen LogP contribution in [0.4, 0.5) is 5.69 Å². The highest BCUT2D eigenvalue weighted by atomic mass is 32.1. The van der Waals surface area contributed by atoms with Crippen molar-refractivity contribution in [3.8, 4) is 11.4 Å². The molecule has 1 aliphatic rings. The number of carbonyl (C=O) groups is 1. The summed E-state index contributed by atoms with van der Waals surface area (Å²) in [6.07, 6.45) is 1.80. The maximum absolute atomic E-state index is 12.2. The van der Waals surface area contributed by atoms with Gasteiger partial charge in [0.1, 0.15) is 5.75 Å². The van der Waals surface area contributed by atoms with Gasteiger partial charge in [-0.2, -0.15) is 0 Å². The van der Waals surface area contributed by atoms with Crippen LogP contribution in [0.1, 0.15) is 45.1 Å². The fraction of sp³-hybridized carbons (Fsp3) is 0.207. The lowest BCUT2D eigenvalue weighted by atomic mass is 9.96. The molecule has 0 aliphatic carbocycles. The Labute approximate surface area is 221 Å². The van der Waals surface area contributed by atoms with Crippen LogP contribution in [0.5, 0.6) is 5.75 Å². The number of benzene rings is 2. The monoisotopic (exact) mass is 512 g/mol. The van der Waals surface area contributed by atoms with Crippen LogP contribution < -0.4 is 15.0 Å². The fourth-order valence-electron chi connectivity index (χ4n) is 5.07. The third-order valence-electron chi connectivity index (χ3n) is 6.76. The maximum atomic E-state index is 12.2. The van der Waals surface area contributed by atoms with E-state index in [4.69, 9.17) is 21.7 Å². The van der Waals surface area contributed by atoms with Crippen molar-refractivity contribution in [1.82, 2.24) is 14.9 Å². The van der Waals surface area contributed by atoms with Gasteiger partial charge < -0.3 is 24.3 Å². The molecule has 2 unspecified atom stereocenters. The normalized spacial score (nSPS) is 17.0. The van der Waals surface area contributed by atoms with E-state index >= 15 is 0 Å². The number of esters is 1. The largest absolute Gasteiger partial charge is 0.497 e. The lowest BCUT2D eigenvalue weighted by Crippen LogP contribution is -2.29. The summed E-state index contributed by atoms with van der Waals surface area (Å²) in [5.41, 5.74) is 6.46. The molecule has 3 heterocycles. The van der Waals surface area contributed by atoms with E-state index in [0.717, 1.165) is 39.8 Å². The predicted molar refractivity (Wildman–Crippen MR) is 148 cm³/mol. The van der Waals surface area contributed by atoms with Crippen molar-refractivity contribution in [1.29, 1.82) is 0 Å². The molecule has 5 rings (SSSR count). The van der Waals surface area contributed by atoms with Gasteiger partial charge in [0.25, 0.3) is 0 Å². The number of aryl methyl sites for hydroxylation is 1. The zero-order valence-electron chi connectivity index (χ0n) is 21.1. The first-order chi connectivity index (χ1) is 17.9. The minimum atomic E-state index is -0.365. The summed E-state index contributed by atoms with van der Waals surface area (Å²) in [6, 6.07) is 23.2. The molecule has 8 heteroatoms. The van der Waals surface area contributed by atoms with Crippen molar-refractivity contribution in [2.24, 2.45) is 0 Å². The van der Waals surface area contributed by atoms with E-state index in [1.807, 2.05) is 60.7 Å². The number of aromatic nitrogens is 2. The second kappa shape index (κ2) is 10.1. The fourth-order valence-corrected chi connectivity index (χ4v) is 5.41. The quantitative estimate of drug-likeness (QED) is 0.272. The Balaban J connectivity index is 1.65. The van der Waals surface area contributed by atoms with Crippen LogP contribution in [0.3, 0.4) is 0 Å². The van der Waals surface area contributed by atoms with Gasteiger partial charge in [0.15, 0.2) is 5.11 Å². The van der Waals surface area contributed by atoms with Gasteiger partial charge in [-0.05, 0) is 92.3 Å². The van der Waals surface area contributed by atoms with Crippen molar-refractivity contribution < 1.29 is 14.3 Å². The zero-order chi connectivity index (χ0) is 26.1. The van der Waals surface area contributed by atoms with Gasteiger partial charge in [0, 0.05) is 29.0 Å². The second-order valence-corrected chi connectivity index (χ2v) is 9.29. The number of rotatable bonds is 6. The molecule has 1 N–H and O–H groups in total. The van der Waals surface area contributed by atoms with Gasteiger partial charge in [-0.15, -0.1) is 0 Å². The van der Waals surface area contributed by atoms with Crippen LogP contribution in [0.15, 0.2) is 79.0 Å². The molecular weight excluding hydrogens is 484 g/mol. The highest BCUT2D eigenvalue weighted by Crippen LogP contribution is 2.44. The van der Waals surface area contributed by atoms with E-state index in [2.05, 4.69) is 39.7 Å². The summed E-state index contributed by atoms with van der Waals surface area (Å²) < 4.78 is 12.5. The van der Waals surface area contributed by atoms with Crippen molar-refractivity contribution in [2.75, 3.05) is 19.1 Å². The number of hydrogen-bond acceptors (Lipinski definition) is 5. The SMILES string of the molecule is COC(=O)c1cccc(-n2c(C)cc(C3C(c4ccccn4)NC(=S)N3c3ccc(OC)cc3)c2C)c1. The molecule has 0 spiro atoms. The molecule has 1 aliphatic heterocycles. The van der Waals surface area contributed by atoms with E-state index in [-0.39, 0.29) is 18.1 Å². The summed E-state index contributed by atoms with van der Waals surface area (Å²) in [5, 5.41) is 4.14. The molecule has 37 heavy (non-hydrogen) atoms. The number of hydrogen-bond donors (Lipinski definition) is 1. The first-order valence-electron chi connectivity index (χ1n) is 11.9. The molecule has 0 radical (unpaired) electrons. The maximum Gasteiger partial charge on any atom is 0.337 e. The summed E-state index contributed by atoms with van der Waals surface area (Å²) in [6.45, 7) is 4.16. The Bertz CT molecular complexity index is 1450. The molecule has 0 saturated carbocycles. The molecule has 0 bridgehead atoms. The summed E-state index contributed by atoms with van der Waals surface area (Å²) in [4.78, 5) is 19.0. The van der Waals surface area contributed by atoms with Crippen molar-refractivity contribution in [3.05, 3.63) is 107 Å². The highest BCUT2D eigenvalue weighted by Gasteiger charge is 2.42. The first kappa shape index (κ1) is 24.5. The van der Waals surface area contributed by atoms with Crippen LogP contribution >= 0.6 is 12.2 Å². The zero-order valence-corrected chi connectivity index (χ0v) is 22.0. The number of methoxy groups -OCH3 is 2. The van der Waals surface area contributed by atoms with Crippen molar-refractivity contribution in [2.45, 2.75) is 25.9 Å². The predicted octanol–water partition coefficient (Wildman–Crippen LogP) is 5.46. The average Bonchev–Trinajstić information content (AvgIpc) is 3.43. The van der Waals surface area contributed by atoms with Gasteiger partial charge in [-0.1, -0.05) is 12.1 Å². The van der Waals surface area contributed by atoms with Crippen molar-refractivity contribution >= 4 is 29.0 Å². The van der Waals surface area contributed by atoms with E-state index in [1.54, 1.807) is 19.4 Å². The van der Waals surface area contributed by atoms with Gasteiger partial charge in [-0.3, -0.25) is 4.98 Å². The minimum Gasteiger partial charge on any atom is -0.497 e. The molecule has 2 aromatic heterocycles. The number of thiocarbonyl (C=S) groups is 1. The van der Waals surface area contributed by atoms with E-state index in [1.165, 1.54) is 7.11 Å². The number of carbonyl (C=O) groups excluding carboxylic acids is 1. The Morgan fingerprint density at radius 1 is 0.973 bits per heavy atom. The molecule has 1 saturated heterocycles. The van der Waals surface area contributed by atoms with E-state index in [0.29, 0.717) is 10.7 Å². The Kier molecular flexibility index (Phi) is 6.67. The summed E-state index contributed by atoms with van der Waals surface area (Å²) >= 11 is 5.87. The van der Waals surface area contributed by atoms with Crippen molar-refractivity contribution in [3.63, 3.8) is 0 Å². The Morgan fingerprint density at radius 2 is 1.76 bits per heavy atom. The highest BCUT2D eigenvalue weighted by molar-refractivity contribution is 7.80. The van der Waals surface area contributed by atoms with Gasteiger partial charge in [0.05, 0.1) is 37.6 Å². The van der Waals surface area contributed by atoms with Crippen LogP contribution in [0, 0.1) is 13.8 Å². The third kappa shape index (κ3) is 4.44. The Hall–Kier alpha value is -4.17. The number of ether oxygens (including phenoxy) is 2. The number of nitrogens with one attached hydrogen (secondary N) is 1. The number of pyridine rings is 1. The molecule has 7 nitrogen and oxygen atoms in total. The van der Waals surface area contributed by atoms with Gasteiger partial charge >= 0.3 is 5.97 Å². The van der Waals surface area contributed by atoms with E-state index in [9.17, 15) is 4.79 Å².